The van der Waals surface area contributed by atoms with E-state index < -0.39 is 6.30 Å². The number of hydrogen-bond donors (Lipinski definition) is 2. The SMILES string of the molecule is CC1CCC2=CC3=C(CC2N1)NC(F)C3. The highest BCUT2D eigenvalue weighted by molar-refractivity contribution is 5.40. The summed E-state index contributed by atoms with van der Waals surface area (Å²) in [6, 6.07) is 1.04. The molecule has 2 aliphatic heterocycles. The Hall–Kier alpha value is -0.830. The summed E-state index contributed by atoms with van der Waals surface area (Å²) in [7, 11) is 0. The maximum absolute atomic E-state index is 13.2. The molecule has 3 unspecified atom stereocenters. The van der Waals surface area contributed by atoms with E-state index in [1.165, 1.54) is 24.0 Å². The molecular weight excluding hydrogens is 191 g/mol. The van der Waals surface area contributed by atoms with Gasteiger partial charge in [0.25, 0.3) is 0 Å². The number of piperidine rings is 1. The van der Waals surface area contributed by atoms with Gasteiger partial charge < -0.3 is 10.6 Å². The van der Waals surface area contributed by atoms with Crippen LogP contribution in [0.1, 0.15) is 32.6 Å². The maximum Gasteiger partial charge on any atom is 0.174 e. The predicted molar refractivity (Wildman–Crippen MR) is 58.0 cm³/mol. The molecule has 2 nitrogen and oxygen atoms in total. The Morgan fingerprint density at radius 2 is 2.27 bits per heavy atom. The molecule has 0 aromatic rings. The van der Waals surface area contributed by atoms with Crippen molar-refractivity contribution in [3.63, 3.8) is 0 Å². The Balaban J connectivity index is 1.84. The van der Waals surface area contributed by atoms with Crippen LogP contribution < -0.4 is 10.6 Å². The second-order valence-corrected chi connectivity index (χ2v) is 4.90. The van der Waals surface area contributed by atoms with Crippen molar-refractivity contribution in [1.82, 2.24) is 10.6 Å². The molecule has 0 amide bonds. The van der Waals surface area contributed by atoms with Gasteiger partial charge in [0.1, 0.15) is 0 Å². The third kappa shape index (κ3) is 1.59. The van der Waals surface area contributed by atoms with Gasteiger partial charge in [-0.25, -0.2) is 4.39 Å². The topological polar surface area (TPSA) is 24.1 Å². The minimum Gasteiger partial charge on any atom is -0.359 e. The van der Waals surface area contributed by atoms with E-state index in [4.69, 9.17) is 0 Å². The molecule has 1 saturated heterocycles. The minimum atomic E-state index is -0.857. The van der Waals surface area contributed by atoms with E-state index in [0.717, 1.165) is 12.1 Å². The summed E-state index contributed by atoms with van der Waals surface area (Å²) < 4.78 is 13.2. The van der Waals surface area contributed by atoms with Gasteiger partial charge in [0, 0.05) is 30.6 Å². The van der Waals surface area contributed by atoms with Gasteiger partial charge in [-0.2, -0.15) is 0 Å². The van der Waals surface area contributed by atoms with Crippen molar-refractivity contribution in [1.29, 1.82) is 0 Å². The molecule has 0 radical (unpaired) electrons. The van der Waals surface area contributed by atoms with Crippen molar-refractivity contribution in [3.05, 3.63) is 22.9 Å². The molecule has 2 N–H and O–H groups in total. The third-order valence-corrected chi connectivity index (χ3v) is 3.68. The van der Waals surface area contributed by atoms with Crippen LogP contribution in [0.4, 0.5) is 4.39 Å². The van der Waals surface area contributed by atoms with Crippen LogP contribution in [0.5, 0.6) is 0 Å². The molecule has 0 bridgehead atoms. The van der Waals surface area contributed by atoms with E-state index in [1.807, 2.05) is 0 Å². The highest BCUT2D eigenvalue weighted by atomic mass is 19.1. The van der Waals surface area contributed by atoms with Crippen LogP contribution in [0.2, 0.25) is 0 Å². The molecule has 0 aromatic carbocycles. The highest BCUT2D eigenvalue weighted by Crippen LogP contribution is 2.34. The zero-order valence-electron chi connectivity index (χ0n) is 9.02. The summed E-state index contributed by atoms with van der Waals surface area (Å²) in [6.45, 7) is 2.22. The number of nitrogens with one attached hydrogen (secondary N) is 2. The van der Waals surface area contributed by atoms with Gasteiger partial charge in [-0.15, -0.1) is 0 Å². The molecule has 1 fully saturated rings. The Morgan fingerprint density at radius 3 is 3.13 bits per heavy atom. The van der Waals surface area contributed by atoms with Gasteiger partial charge in [-0.3, -0.25) is 0 Å². The van der Waals surface area contributed by atoms with Crippen LogP contribution in [0.3, 0.4) is 0 Å². The number of alkyl halides is 1. The molecule has 3 aliphatic rings. The minimum absolute atomic E-state index is 0.449. The summed E-state index contributed by atoms with van der Waals surface area (Å²) >= 11 is 0. The van der Waals surface area contributed by atoms with Crippen molar-refractivity contribution in [2.75, 3.05) is 0 Å². The van der Waals surface area contributed by atoms with E-state index in [0.29, 0.717) is 18.5 Å². The molecule has 3 heteroatoms. The average molecular weight is 208 g/mol. The second kappa shape index (κ2) is 3.34. The number of rotatable bonds is 0. The Kier molecular flexibility index (Phi) is 2.09. The lowest BCUT2D eigenvalue weighted by Crippen LogP contribution is -2.44. The fourth-order valence-corrected chi connectivity index (χ4v) is 2.87. The standard InChI is InChI=1S/C12H17FN2/c1-7-2-3-8-4-9-5-12(13)15-11(9)6-10(8)14-7/h4,7,10,12,14-15H,2-3,5-6H2,1H3. The van der Waals surface area contributed by atoms with Crippen molar-refractivity contribution >= 4 is 0 Å². The van der Waals surface area contributed by atoms with Crippen LogP contribution >= 0.6 is 0 Å². The van der Waals surface area contributed by atoms with Gasteiger partial charge in [-0.05, 0) is 25.3 Å². The van der Waals surface area contributed by atoms with Crippen molar-refractivity contribution < 1.29 is 4.39 Å². The zero-order valence-corrected chi connectivity index (χ0v) is 9.02. The van der Waals surface area contributed by atoms with E-state index in [9.17, 15) is 4.39 Å². The maximum atomic E-state index is 13.2. The van der Waals surface area contributed by atoms with E-state index in [-0.39, 0.29) is 0 Å². The van der Waals surface area contributed by atoms with Crippen LogP contribution in [-0.4, -0.2) is 18.4 Å². The van der Waals surface area contributed by atoms with Gasteiger partial charge in [-0.1, -0.05) is 11.6 Å². The number of allylic oxidation sites excluding steroid dienone is 1. The Bertz CT molecular complexity index is 346. The van der Waals surface area contributed by atoms with Crippen LogP contribution in [-0.2, 0) is 0 Å². The molecule has 1 aliphatic carbocycles. The average Bonchev–Trinajstić information content (AvgIpc) is 2.53. The van der Waals surface area contributed by atoms with Crippen molar-refractivity contribution in [2.24, 2.45) is 0 Å². The monoisotopic (exact) mass is 208 g/mol. The number of hydrogen-bond acceptors (Lipinski definition) is 2. The first kappa shape index (κ1) is 9.40. The highest BCUT2D eigenvalue weighted by Gasteiger charge is 2.32. The first-order valence-corrected chi connectivity index (χ1v) is 5.81. The largest absolute Gasteiger partial charge is 0.359 e. The lowest BCUT2D eigenvalue weighted by Gasteiger charge is -2.34. The van der Waals surface area contributed by atoms with E-state index in [1.54, 1.807) is 0 Å². The van der Waals surface area contributed by atoms with Crippen molar-refractivity contribution in [3.8, 4) is 0 Å². The molecule has 15 heavy (non-hydrogen) atoms. The smallest absolute Gasteiger partial charge is 0.174 e. The quantitative estimate of drug-likeness (QED) is 0.595. The molecular formula is C12H17FN2. The summed E-state index contributed by atoms with van der Waals surface area (Å²) in [6.07, 6.45) is 5.25. The summed E-state index contributed by atoms with van der Waals surface area (Å²) in [5, 5.41) is 6.51. The number of fused-ring (bicyclic) bond motifs is 1. The predicted octanol–water partition coefficient (Wildman–Crippen LogP) is 2.00. The molecule has 0 saturated carbocycles. The normalized spacial score (nSPS) is 39.3. The molecule has 0 spiro atoms. The Morgan fingerprint density at radius 1 is 1.40 bits per heavy atom. The fourth-order valence-electron chi connectivity index (χ4n) is 2.87. The summed E-state index contributed by atoms with van der Waals surface area (Å²) in [5.74, 6) is 0. The summed E-state index contributed by atoms with van der Waals surface area (Å²) in [5.41, 5.74) is 3.80. The molecule has 3 rings (SSSR count). The van der Waals surface area contributed by atoms with Crippen LogP contribution in [0.15, 0.2) is 22.9 Å². The number of halogens is 1. The molecule has 3 atom stereocenters. The Labute approximate surface area is 89.6 Å². The van der Waals surface area contributed by atoms with Crippen LogP contribution in [0, 0.1) is 0 Å². The van der Waals surface area contributed by atoms with Gasteiger partial charge >= 0.3 is 0 Å². The van der Waals surface area contributed by atoms with Crippen LogP contribution in [0.25, 0.3) is 0 Å². The zero-order chi connectivity index (χ0) is 10.4. The van der Waals surface area contributed by atoms with E-state index in [2.05, 4.69) is 23.6 Å². The second-order valence-electron chi connectivity index (χ2n) is 4.90. The van der Waals surface area contributed by atoms with Crippen molar-refractivity contribution in [2.45, 2.75) is 51.0 Å². The van der Waals surface area contributed by atoms with Gasteiger partial charge in [0.05, 0.1) is 0 Å². The molecule has 2 heterocycles. The van der Waals surface area contributed by atoms with Gasteiger partial charge in [0.2, 0.25) is 0 Å². The first-order chi connectivity index (χ1) is 7.22. The van der Waals surface area contributed by atoms with E-state index >= 15 is 0 Å². The third-order valence-electron chi connectivity index (χ3n) is 3.68. The molecule has 0 aromatic heterocycles. The van der Waals surface area contributed by atoms with Gasteiger partial charge in [0.15, 0.2) is 6.30 Å². The lowest BCUT2D eigenvalue weighted by atomic mass is 9.85. The summed E-state index contributed by atoms with van der Waals surface area (Å²) in [4.78, 5) is 0. The fraction of sp³-hybridized carbons (Fsp3) is 0.667. The molecule has 82 valence electrons. The lowest BCUT2D eigenvalue weighted by molar-refractivity contribution is 0.309. The first-order valence-electron chi connectivity index (χ1n) is 5.81.